The molecule has 0 aromatic carbocycles. The van der Waals surface area contributed by atoms with Crippen LogP contribution in [0.2, 0.25) is 0 Å². The summed E-state index contributed by atoms with van der Waals surface area (Å²) in [5, 5.41) is 12.6. The Labute approximate surface area is 87.8 Å². The number of aliphatic hydroxyl groups is 1. The fourth-order valence-corrected chi connectivity index (χ4v) is 1.46. The van der Waals surface area contributed by atoms with E-state index in [2.05, 4.69) is 19.2 Å². The minimum Gasteiger partial charge on any atom is -0.393 e. The maximum atomic E-state index is 9.18. The van der Waals surface area contributed by atoms with Gasteiger partial charge in [-0.05, 0) is 39.2 Å². The van der Waals surface area contributed by atoms with Gasteiger partial charge in [0, 0.05) is 19.8 Å². The molecule has 3 heteroatoms. The number of ether oxygens (including phenoxy) is 1. The second-order valence-corrected chi connectivity index (χ2v) is 4.28. The molecule has 2 N–H and O–H groups in total. The lowest BCUT2D eigenvalue weighted by Crippen LogP contribution is -2.32. The molecule has 0 fully saturated rings. The van der Waals surface area contributed by atoms with Crippen LogP contribution in [0.5, 0.6) is 0 Å². The molecule has 0 aromatic rings. The van der Waals surface area contributed by atoms with Gasteiger partial charge in [-0.25, -0.2) is 0 Å². The molecular formula is C11H25NO2. The molecule has 0 spiro atoms. The van der Waals surface area contributed by atoms with Gasteiger partial charge in [-0.2, -0.15) is 0 Å². The normalized spacial score (nSPS) is 17.8. The first-order chi connectivity index (χ1) is 6.56. The van der Waals surface area contributed by atoms with Gasteiger partial charge in [-0.3, -0.25) is 0 Å². The van der Waals surface area contributed by atoms with Gasteiger partial charge in [-0.15, -0.1) is 0 Å². The lowest BCUT2D eigenvalue weighted by molar-refractivity contribution is 0.159. The highest BCUT2D eigenvalue weighted by Gasteiger charge is 2.07. The molecule has 0 aliphatic carbocycles. The summed E-state index contributed by atoms with van der Waals surface area (Å²) in [7, 11) is 1.72. The van der Waals surface area contributed by atoms with Crippen molar-refractivity contribution in [1.82, 2.24) is 5.32 Å². The number of aliphatic hydroxyl groups excluding tert-OH is 1. The Morgan fingerprint density at radius 2 is 1.93 bits per heavy atom. The number of methoxy groups -OCH3 is 1. The largest absolute Gasteiger partial charge is 0.393 e. The quantitative estimate of drug-likeness (QED) is 0.626. The highest BCUT2D eigenvalue weighted by molar-refractivity contribution is 4.65. The molecule has 3 nitrogen and oxygen atoms in total. The molecule has 0 bridgehead atoms. The Balaban J connectivity index is 3.40. The third kappa shape index (κ3) is 8.48. The van der Waals surface area contributed by atoms with E-state index < -0.39 is 0 Å². The van der Waals surface area contributed by atoms with Crippen LogP contribution in [0.3, 0.4) is 0 Å². The van der Waals surface area contributed by atoms with E-state index in [1.165, 1.54) is 0 Å². The van der Waals surface area contributed by atoms with Crippen molar-refractivity contribution in [2.24, 2.45) is 5.92 Å². The summed E-state index contributed by atoms with van der Waals surface area (Å²) in [6.45, 7) is 7.93. The molecule has 0 heterocycles. The van der Waals surface area contributed by atoms with E-state index in [1.54, 1.807) is 7.11 Å². The van der Waals surface area contributed by atoms with Gasteiger partial charge in [0.25, 0.3) is 0 Å². The van der Waals surface area contributed by atoms with Gasteiger partial charge in [0.15, 0.2) is 0 Å². The fourth-order valence-electron chi connectivity index (χ4n) is 1.46. The van der Waals surface area contributed by atoms with Crippen LogP contribution < -0.4 is 5.32 Å². The summed E-state index contributed by atoms with van der Waals surface area (Å²) >= 11 is 0. The topological polar surface area (TPSA) is 41.5 Å². The van der Waals surface area contributed by atoms with Crippen LogP contribution in [0.1, 0.15) is 33.6 Å². The Morgan fingerprint density at radius 3 is 2.43 bits per heavy atom. The standard InChI is InChI=1S/C11H25NO2/c1-9(7-11(3)13)8-12-10(2)5-6-14-4/h9-13H,5-8H2,1-4H3. The number of rotatable bonds is 8. The van der Waals surface area contributed by atoms with E-state index in [0.717, 1.165) is 26.0 Å². The summed E-state index contributed by atoms with van der Waals surface area (Å²) < 4.78 is 5.00. The molecule has 14 heavy (non-hydrogen) atoms. The molecular weight excluding hydrogens is 178 g/mol. The summed E-state index contributed by atoms with van der Waals surface area (Å²) in [6.07, 6.45) is 1.71. The van der Waals surface area contributed by atoms with E-state index in [1.807, 2.05) is 6.92 Å². The van der Waals surface area contributed by atoms with Crippen molar-refractivity contribution >= 4 is 0 Å². The van der Waals surface area contributed by atoms with Crippen LogP contribution in [0, 0.1) is 5.92 Å². The molecule has 3 atom stereocenters. The zero-order chi connectivity index (χ0) is 11.0. The zero-order valence-electron chi connectivity index (χ0n) is 9.92. The molecule has 0 saturated heterocycles. The van der Waals surface area contributed by atoms with Crippen molar-refractivity contribution in [2.75, 3.05) is 20.3 Å². The summed E-state index contributed by atoms with van der Waals surface area (Å²) in [5.74, 6) is 0.528. The molecule has 0 aromatic heterocycles. The molecule has 0 saturated carbocycles. The van der Waals surface area contributed by atoms with Crippen molar-refractivity contribution in [1.29, 1.82) is 0 Å². The number of hydrogen-bond acceptors (Lipinski definition) is 3. The SMILES string of the molecule is COCCC(C)NCC(C)CC(C)O. The molecule has 0 rings (SSSR count). The maximum Gasteiger partial charge on any atom is 0.0515 e. The first kappa shape index (κ1) is 13.9. The second-order valence-electron chi connectivity index (χ2n) is 4.28. The monoisotopic (exact) mass is 203 g/mol. The van der Waals surface area contributed by atoms with Crippen molar-refractivity contribution in [3.8, 4) is 0 Å². The lowest BCUT2D eigenvalue weighted by atomic mass is 10.0. The average Bonchev–Trinajstić information content (AvgIpc) is 2.10. The van der Waals surface area contributed by atoms with Crippen LogP contribution in [-0.4, -0.2) is 37.5 Å². The summed E-state index contributed by atoms with van der Waals surface area (Å²) in [6, 6.07) is 0.492. The van der Waals surface area contributed by atoms with E-state index in [9.17, 15) is 5.11 Å². The number of hydrogen-bond donors (Lipinski definition) is 2. The third-order valence-corrected chi connectivity index (χ3v) is 2.31. The molecule has 86 valence electrons. The first-order valence-electron chi connectivity index (χ1n) is 5.46. The fraction of sp³-hybridized carbons (Fsp3) is 1.00. The Morgan fingerprint density at radius 1 is 1.29 bits per heavy atom. The van der Waals surface area contributed by atoms with Gasteiger partial charge in [0.2, 0.25) is 0 Å². The van der Waals surface area contributed by atoms with E-state index in [4.69, 9.17) is 4.74 Å². The van der Waals surface area contributed by atoms with Crippen molar-refractivity contribution in [2.45, 2.75) is 45.8 Å². The third-order valence-electron chi connectivity index (χ3n) is 2.31. The molecule has 0 amide bonds. The second kappa shape index (κ2) is 8.21. The van der Waals surface area contributed by atoms with Crippen molar-refractivity contribution in [3.05, 3.63) is 0 Å². The van der Waals surface area contributed by atoms with Gasteiger partial charge in [0.05, 0.1) is 6.10 Å². The Bertz CT molecular complexity index is 128. The maximum absolute atomic E-state index is 9.18. The van der Waals surface area contributed by atoms with Crippen LogP contribution in [0.15, 0.2) is 0 Å². The van der Waals surface area contributed by atoms with Crippen LogP contribution in [-0.2, 0) is 4.74 Å². The molecule has 0 aliphatic heterocycles. The van der Waals surface area contributed by atoms with Crippen LogP contribution >= 0.6 is 0 Å². The van der Waals surface area contributed by atoms with Gasteiger partial charge < -0.3 is 15.2 Å². The van der Waals surface area contributed by atoms with Gasteiger partial charge >= 0.3 is 0 Å². The lowest BCUT2D eigenvalue weighted by Gasteiger charge is -2.18. The van der Waals surface area contributed by atoms with Crippen molar-refractivity contribution in [3.63, 3.8) is 0 Å². The minimum atomic E-state index is -0.193. The molecule has 3 unspecified atom stereocenters. The Kier molecular flexibility index (Phi) is 8.14. The highest BCUT2D eigenvalue weighted by atomic mass is 16.5. The summed E-state index contributed by atoms with van der Waals surface area (Å²) in [4.78, 5) is 0. The first-order valence-corrected chi connectivity index (χ1v) is 5.46. The highest BCUT2D eigenvalue weighted by Crippen LogP contribution is 2.04. The van der Waals surface area contributed by atoms with E-state index in [-0.39, 0.29) is 6.10 Å². The summed E-state index contributed by atoms with van der Waals surface area (Å²) in [5.41, 5.74) is 0. The van der Waals surface area contributed by atoms with E-state index >= 15 is 0 Å². The smallest absolute Gasteiger partial charge is 0.0515 e. The Hall–Kier alpha value is -0.120. The predicted molar refractivity (Wildman–Crippen MR) is 59.4 cm³/mol. The molecule has 0 radical (unpaired) electrons. The van der Waals surface area contributed by atoms with E-state index in [0.29, 0.717) is 12.0 Å². The zero-order valence-corrected chi connectivity index (χ0v) is 9.92. The van der Waals surface area contributed by atoms with Crippen LogP contribution in [0.25, 0.3) is 0 Å². The number of nitrogens with one attached hydrogen (secondary N) is 1. The molecule has 0 aliphatic rings. The van der Waals surface area contributed by atoms with Crippen molar-refractivity contribution < 1.29 is 9.84 Å². The van der Waals surface area contributed by atoms with Gasteiger partial charge in [-0.1, -0.05) is 6.92 Å². The van der Waals surface area contributed by atoms with Gasteiger partial charge in [0.1, 0.15) is 0 Å². The minimum absolute atomic E-state index is 0.193. The average molecular weight is 203 g/mol. The van der Waals surface area contributed by atoms with Crippen LogP contribution in [0.4, 0.5) is 0 Å². The predicted octanol–water partition coefficient (Wildman–Crippen LogP) is 1.41.